The molecule has 1 atom stereocenters. The first-order chi connectivity index (χ1) is 9.24. The summed E-state index contributed by atoms with van der Waals surface area (Å²) in [6.07, 6.45) is 6.18. The Morgan fingerprint density at radius 2 is 2.37 bits per heavy atom. The lowest BCUT2D eigenvalue weighted by Gasteiger charge is -2.33. The molecule has 0 aromatic carbocycles. The maximum atomic E-state index is 12.6. The first-order valence-corrected chi connectivity index (χ1v) is 7.24. The fraction of sp³-hybridized carbons (Fsp3) is 0.600. The van der Waals surface area contributed by atoms with E-state index in [0.29, 0.717) is 17.4 Å². The number of anilines is 1. The van der Waals surface area contributed by atoms with E-state index in [1.165, 1.54) is 6.42 Å². The van der Waals surface area contributed by atoms with Gasteiger partial charge in [-0.15, -0.1) is 0 Å². The third-order valence-electron chi connectivity index (χ3n) is 3.64. The molecule has 19 heavy (non-hydrogen) atoms. The van der Waals surface area contributed by atoms with Crippen LogP contribution in [0.4, 0.5) is 5.82 Å². The second kappa shape index (κ2) is 6.55. The van der Waals surface area contributed by atoms with Crippen molar-refractivity contribution in [3.05, 3.63) is 23.9 Å². The standard InChI is InChI=1S/C15H23N3O/c1-3-9-16-14-13(8-6-10-17-14)15(19)18-11-5-4-7-12(18)2/h6,8,10,12H,3-5,7,9,11H2,1-2H3,(H,16,17). The molecule has 4 nitrogen and oxygen atoms in total. The monoisotopic (exact) mass is 261 g/mol. The molecular weight excluding hydrogens is 238 g/mol. The van der Waals surface area contributed by atoms with Gasteiger partial charge < -0.3 is 10.2 Å². The average molecular weight is 261 g/mol. The van der Waals surface area contributed by atoms with Crippen LogP contribution in [0, 0.1) is 0 Å². The number of nitrogens with one attached hydrogen (secondary N) is 1. The predicted molar refractivity (Wildman–Crippen MR) is 77.4 cm³/mol. The van der Waals surface area contributed by atoms with Gasteiger partial charge in [0.25, 0.3) is 5.91 Å². The summed E-state index contributed by atoms with van der Waals surface area (Å²) in [7, 11) is 0. The lowest BCUT2D eigenvalue weighted by molar-refractivity contribution is 0.0636. The van der Waals surface area contributed by atoms with Crippen molar-refractivity contribution in [2.45, 2.75) is 45.6 Å². The average Bonchev–Trinajstić information content (AvgIpc) is 2.45. The van der Waals surface area contributed by atoms with E-state index in [0.717, 1.165) is 32.4 Å². The maximum Gasteiger partial charge on any atom is 0.257 e. The van der Waals surface area contributed by atoms with Gasteiger partial charge in [0.05, 0.1) is 5.56 Å². The quantitative estimate of drug-likeness (QED) is 0.906. The minimum atomic E-state index is 0.110. The van der Waals surface area contributed by atoms with Crippen molar-refractivity contribution in [1.82, 2.24) is 9.88 Å². The number of amides is 1. The smallest absolute Gasteiger partial charge is 0.257 e. The van der Waals surface area contributed by atoms with Crippen LogP contribution in [0.3, 0.4) is 0 Å². The van der Waals surface area contributed by atoms with Gasteiger partial charge in [-0.25, -0.2) is 4.98 Å². The zero-order chi connectivity index (χ0) is 13.7. The van der Waals surface area contributed by atoms with Crippen molar-refractivity contribution in [3.63, 3.8) is 0 Å². The lowest BCUT2D eigenvalue weighted by atomic mass is 10.0. The highest BCUT2D eigenvalue weighted by Gasteiger charge is 2.25. The number of carbonyl (C=O) groups excluding carboxylic acids is 1. The Labute approximate surface area is 115 Å². The Morgan fingerprint density at radius 1 is 1.53 bits per heavy atom. The Bertz CT molecular complexity index is 433. The van der Waals surface area contributed by atoms with Crippen molar-refractivity contribution < 1.29 is 4.79 Å². The summed E-state index contributed by atoms with van der Waals surface area (Å²) in [6.45, 7) is 5.94. The van der Waals surface area contributed by atoms with Crippen LogP contribution in [0.25, 0.3) is 0 Å². The number of nitrogens with zero attached hydrogens (tertiary/aromatic N) is 2. The zero-order valence-corrected chi connectivity index (χ0v) is 11.9. The topological polar surface area (TPSA) is 45.2 Å². The molecule has 1 amide bonds. The molecule has 1 aromatic rings. The highest BCUT2D eigenvalue weighted by molar-refractivity contribution is 5.98. The zero-order valence-electron chi connectivity index (χ0n) is 11.9. The van der Waals surface area contributed by atoms with Gasteiger partial charge >= 0.3 is 0 Å². The van der Waals surface area contributed by atoms with Crippen LogP contribution in [-0.4, -0.2) is 34.9 Å². The number of rotatable bonds is 4. The highest BCUT2D eigenvalue weighted by atomic mass is 16.2. The van der Waals surface area contributed by atoms with Crippen LogP contribution < -0.4 is 5.32 Å². The van der Waals surface area contributed by atoms with Gasteiger partial charge in [-0.3, -0.25) is 4.79 Å². The number of piperidine rings is 1. The van der Waals surface area contributed by atoms with Crippen molar-refractivity contribution >= 4 is 11.7 Å². The van der Waals surface area contributed by atoms with E-state index < -0.39 is 0 Å². The maximum absolute atomic E-state index is 12.6. The summed E-state index contributed by atoms with van der Waals surface area (Å²) < 4.78 is 0. The van der Waals surface area contributed by atoms with Gasteiger partial charge in [0, 0.05) is 25.3 Å². The third-order valence-corrected chi connectivity index (χ3v) is 3.64. The van der Waals surface area contributed by atoms with Crippen LogP contribution in [0.5, 0.6) is 0 Å². The van der Waals surface area contributed by atoms with Gasteiger partial charge in [0.1, 0.15) is 5.82 Å². The van der Waals surface area contributed by atoms with E-state index in [4.69, 9.17) is 0 Å². The summed E-state index contributed by atoms with van der Waals surface area (Å²) >= 11 is 0. The first-order valence-electron chi connectivity index (χ1n) is 7.24. The third kappa shape index (κ3) is 3.25. The van der Waals surface area contributed by atoms with E-state index in [2.05, 4.69) is 24.1 Å². The van der Waals surface area contributed by atoms with Gasteiger partial charge in [0.15, 0.2) is 0 Å². The number of carbonyl (C=O) groups is 1. The van der Waals surface area contributed by atoms with E-state index in [9.17, 15) is 4.79 Å². The van der Waals surface area contributed by atoms with Gasteiger partial charge in [-0.05, 0) is 44.7 Å². The number of pyridine rings is 1. The van der Waals surface area contributed by atoms with Crippen LogP contribution in [-0.2, 0) is 0 Å². The molecule has 2 heterocycles. The summed E-state index contributed by atoms with van der Waals surface area (Å²) in [5, 5.41) is 3.24. The molecule has 1 saturated heterocycles. The molecule has 1 unspecified atom stereocenters. The van der Waals surface area contributed by atoms with E-state index in [1.807, 2.05) is 17.0 Å². The van der Waals surface area contributed by atoms with Crippen LogP contribution in [0.1, 0.15) is 49.9 Å². The number of hydrogen-bond acceptors (Lipinski definition) is 3. The number of aromatic nitrogens is 1. The summed E-state index contributed by atoms with van der Waals surface area (Å²) in [4.78, 5) is 18.9. The summed E-state index contributed by atoms with van der Waals surface area (Å²) in [6, 6.07) is 4.04. The highest BCUT2D eigenvalue weighted by Crippen LogP contribution is 2.21. The van der Waals surface area contributed by atoms with Crippen molar-refractivity contribution in [3.8, 4) is 0 Å². The normalized spacial score (nSPS) is 19.3. The fourth-order valence-electron chi connectivity index (χ4n) is 2.52. The van der Waals surface area contributed by atoms with Crippen molar-refractivity contribution in [1.29, 1.82) is 0 Å². The first kappa shape index (κ1) is 13.8. The minimum absolute atomic E-state index is 0.110. The lowest BCUT2D eigenvalue weighted by Crippen LogP contribution is -2.42. The minimum Gasteiger partial charge on any atom is -0.369 e. The molecular formula is C15H23N3O. The number of likely N-dealkylation sites (tertiary alicyclic amines) is 1. The molecule has 2 rings (SSSR count). The second-order valence-electron chi connectivity index (χ2n) is 5.17. The molecule has 1 aliphatic rings. The predicted octanol–water partition coefficient (Wildman–Crippen LogP) is 2.92. The largest absolute Gasteiger partial charge is 0.369 e. The van der Waals surface area contributed by atoms with E-state index in [1.54, 1.807) is 6.20 Å². The van der Waals surface area contributed by atoms with Crippen molar-refractivity contribution in [2.75, 3.05) is 18.4 Å². The Morgan fingerprint density at radius 3 is 3.11 bits per heavy atom. The molecule has 1 aromatic heterocycles. The van der Waals surface area contributed by atoms with Gasteiger partial charge in [-0.1, -0.05) is 6.92 Å². The molecule has 1 aliphatic heterocycles. The summed E-state index contributed by atoms with van der Waals surface area (Å²) in [5.41, 5.74) is 0.699. The van der Waals surface area contributed by atoms with Crippen LogP contribution in [0.15, 0.2) is 18.3 Å². The molecule has 4 heteroatoms. The molecule has 0 bridgehead atoms. The second-order valence-corrected chi connectivity index (χ2v) is 5.17. The molecule has 104 valence electrons. The Hall–Kier alpha value is -1.58. The number of hydrogen-bond donors (Lipinski definition) is 1. The fourth-order valence-corrected chi connectivity index (χ4v) is 2.52. The molecule has 0 radical (unpaired) electrons. The SMILES string of the molecule is CCCNc1ncccc1C(=O)N1CCCCC1C. The van der Waals surface area contributed by atoms with E-state index in [-0.39, 0.29) is 5.91 Å². The molecule has 0 spiro atoms. The summed E-state index contributed by atoms with van der Waals surface area (Å²) in [5.74, 6) is 0.825. The molecule has 0 saturated carbocycles. The van der Waals surface area contributed by atoms with E-state index >= 15 is 0 Å². The van der Waals surface area contributed by atoms with Crippen LogP contribution >= 0.6 is 0 Å². The van der Waals surface area contributed by atoms with Gasteiger partial charge in [0.2, 0.25) is 0 Å². The Kier molecular flexibility index (Phi) is 4.77. The molecule has 1 N–H and O–H groups in total. The van der Waals surface area contributed by atoms with Crippen LogP contribution in [0.2, 0.25) is 0 Å². The van der Waals surface area contributed by atoms with Gasteiger partial charge in [-0.2, -0.15) is 0 Å². The Balaban J connectivity index is 2.17. The molecule has 0 aliphatic carbocycles. The van der Waals surface area contributed by atoms with Crippen molar-refractivity contribution in [2.24, 2.45) is 0 Å². The molecule has 1 fully saturated rings.